The summed E-state index contributed by atoms with van der Waals surface area (Å²) >= 11 is 0. The van der Waals surface area contributed by atoms with Crippen LogP contribution in [0.3, 0.4) is 0 Å². The third kappa shape index (κ3) is 6.37. The van der Waals surface area contributed by atoms with Crippen molar-refractivity contribution in [3.8, 4) is 0 Å². The molecular weight excluding hydrogens is 490 g/mol. The van der Waals surface area contributed by atoms with Gasteiger partial charge in [0.25, 0.3) is 0 Å². The molecule has 1 aromatic carbocycles. The number of hydrogen-bond acceptors (Lipinski definition) is 6. The molecule has 2 aromatic rings. The minimum Gasteiger partial charge on any atom is -0.353 e. The van der Waals surface area contributed by atoms with Gasteiger partial charge in [0, 0.05) is 31.9 Å². The summed E-state index contributed by atoms with van der Waals surface area (Å²) in [7, 11) is 0. The molecule has 7 nitrogen and oxygen atoms in total. The van der Waals surface area contributed by atoms with Crippen LogP contribution in [-0.2, 0) is 17.5 Å². The lowest BCUT2D eigenvalue weighted by Crippen LogP contribution is -2.39. The summed E-state index contributed by atoms with van der Waals surface area (Å²) in [5.41, 5.74) is -0.449. The van der Waals surface area contributed by atoms with Crippen molar-refractivity contribution in [1.82, 2.24) is 20.6 Å². The molecule has 2 aliphatic rings. The first-order valence-corrected chi connectivity index (χ1v) is 11.6. The van der Waals surface area contributed by atoms with Gasteiger partial charge in [0.1, 0.15) is 0 Å². The Morgan fingerprint density at radius 2 is 1.72 bits per heavy atom. The minimum atomic E-state index is -4.63. The topological polar surface area (TPSA) is 82.2 Å². The molecular formula is C23H26F6N6O. The fourth-order valence-corrected chi connectivity index (χ4v) is 4.40. The van der Waals surface area contributed by atoms with Crippen LogP contribution < -0.4 is 20.9 Å². The third-order valence-electron chi connectivity index (χ3n) is 6.47. The van der Waals surface area contributed by atoms with E-state index in [1.54, 1.807) is 4.90 Å². The number of nitrogens with one attached hydrogen (secondary N) is 3. The number of halogens is 6. The number of nitrogens with zero attached hydrogens (tertiary/aromatic N) is 3. The zero-order valence-electron chi connectivity index (χ0n) is 19.2. The van der Waals surface area contributed by atoms with E-state index in [0.29, 0.717) is 25.2 Å². The molecule has 3 N–H and O–H groups in total. The molecule has 0 bridgehead atoms. The van der Waals surface area contributed by atoms with Crippen LogP contribution in [0.1, 0.15) is 30.4 Å². The quantitative estimate of drug-likeness (QED) is 0.499. The summed E-state index contributed by atoms with van der Waals surface area (Å²) in [5, 5.41) is 8.45. The summed E-state index contributed by atoms with van der Waals surface area (Å²) in [5.74, 6) is -1.61. The highest BCUT2D eigenvalue weighted by molar-refractivity contribution is 5.79. The van der Waals surface area contributed by atoms with E-state index >= 15 is 0 Å². The smallest absolute Gasteiger partial charge is 0.353 e. The van der Waals surface area contributed by atoms with Gasteiger partial charge >= 0.3 is 12.4 Å². The zero-order valence-corrected chi connectivity index (χ0v) is 19.2. The molecule has 36 heavy (non-hydrogen) atoms. The van der Waals surface area contributed by atoms with E-state index in [2.05, 4.69) is 25.9 Å². The first-order chi connectivity index (χ1) is 17.0. The molecule has 2 saturated heterocycles. The Bertz CT molecular complexity index is 1040. The first kappa shape index (κ1) is 26.0. The third-order valence-corrected chi connectivity index (χ3v) is 6.47. The lowest BCUT2D eigenvalue weighted by molar-refractivity contribution is -0.179. The van der Waals surface area contributed by atoms with Crippen molar-refractivity contribution in [2.45, 2.75) is 38.2 Å². The van der Waals surface area contributed by atoms with Crippen LogP contribution in [0, 0.1) is 11.8 Å². The van der Waals surface area contributed by atoms with Crippen molar-refractivity contribution >= 4 is 23.2 Å². The fourth-order valence-electron chi connectivity index (χ4n) is 4.40. The minimum absolute atomic E-state index is 0.0442. The van der Waals surface area contributed by atoms with Gasteiger partial charge in [0.15, 0.2) is 0 Å². The van der Waals surface area contributed by atoms with Crippen molar-refractivity contribution in [3.63, 3.8) is 0 Å². The molecule has 2 fully saturated rings. The number of rotatable bonds is 6. The van der Waals surface area contributed by atoms with Gasteiger partial charge in [-0.3, -0.25) is 4.79 Å². The highest BCUT2D eigenvalue weighted by Crippen LogP contribution is 2.36. The Balaban J connectivity index is 1.39. The predicted molar refractivity (Wildman–Crippen MR) is 121 cm³/mol. The Labute approximate surface area is 203 Å². The number of carbonyl (C=O) groups excluding carboxylic acids is 1. The molecule has 0 spiro atoms. The van der Waals surface area contributed by atoms with Crippen molar-refractivity contribution in [3.05, 3.63) is 41.7 Å². The standard InChI is InChI=1S/C23H26F6N6O/c24-22(25,26)16-4-7-35(8-5-16)21-32-12-18(13-33-21)34-17-2-1-14(19(9-17)23(27,28)29)11-31-20(36)15-3-6-30-10-15/h1-2,9,12-13,15-16,30,34H,3-8,10-11H2,(H,31,36). The van der Waals surface area contributed by atoms with Gasteiger partial charge < -0.3 is 20.9 Å². The molecule has 1 aromatic heterocycles. The Morgan fingerprint density at radius 1 is 1.03 bits per heavy atom. The molecule has 1 unspecified atom stereocenters. The van der Waals surface area contributed by atoms with E-state index in [1.807, 2.05) is 0 Å². The van der Waals surface area contributed by atoms with Gasteiger partial charge in [0.05, 0.1) is 35.5 Å². The van der Waals surface area contributed by atoms with Crippen LogP contribution in [0.2, 0.25) is 0 Å². The van der Waals surface area contributed by atoms with Crippen LogP contribution >= 0.6 is 0 Å². The number of alkyl halides is 6. The molecule has 13 heteroatoms. The lowest BCUT2D eigenvalue weighted by Gasteiger charge is -2.32. The highest BCUT2D eigenvalue weighted by Gasteiger charge is 2.41. The summed E-state index contributed by atoms with van der Waals surface area (Å²) < 4.78 is 79.7. The van der Waals surface area contributed by atoms with Gasteiger partial charge in [-0.15, -0.1) is 0 Å². The largest absolute Gasteiger partial charge is 0.416 e. The molecule has 0 saturated carbocycles. The number of anilines is 3. The predicted octanol–water partition coefficient (Wildman–Crippen LogP) is 4.24. The van der Waals surface area contributed by atoms with Gasteiger partial charge in [-0.05, 0) is 43.5 Å². The SMILES string of the molecule is O=C(NCc1ccc(Nc2cnc(N3CCC(C(F)(F)F)CC3)nc2)cc1C(F)(F)F)C1CCNC1. The molecule has 3 heterocycles. The van der Waals surface area contributed by atoms with Crippen LogP contribution in [-0.4, -0.2) is 48.2 Å². The number of amides is 1. The van der Waals surface area contributed by atoms with Gasteiger partial charge in [-0.1, -0.05) is 6.07 Å². The summed E-state index contributed by atoms with van der Waals surface area (Å²) in [4.78, 5) is 22.1. The van der Waals surface area contributed by atoms with E-state index in [0.717, 1.165) is 6.07 Å². The normalized spacial score (nSPS) is 19.4. The average molecular weight is 516 g/mol. The van der Waals surface area contributed by atoms with Crippen LogP contribution in [0.25, 0.3) is 0 Å². The second-order valence-corrected chi connectivity index (χ2v) is 8.98. The molecule has 1 amide bonds. The van der Waals surface area contributed by atoms with Crippen LogP contribution in [0.4, 0.5) is 43.7 Å². The number of hydrogen-bond donors (Lipinski definition) is 3. The fraction of sp³-hybridized carbons (Fsp3) is 0.522. The molecule has 4 rings (SSSR count). The molecule has 2 aliphatic heterocycles. The first-order valence-electron chi connectivity index (χ1n) is 11.6. The van der Waals surface area contributed by atoms with E-state index in [9.17, 15) is 31.1 Å². The number of benzene rings is 1. The summed E-state index contributed by atoms with van der Waals surface area (Å²) in [6.45, 7) is 1.30. The van der Waals surface area contributed by atoms with Gasteiger partial charge in [0.2, 0.25) is 11.9 Å². The van der Waals surface area contributed by atoms with Crippen molar-refractivity contribution in [2.75, 3.05) is 36.4 Å². The van der Waals surface area contributed by atoms with Crippen molar-refractivity contribution < 1.29 is 31.1 Å². The van der Waals surface area contributed by atoms with E-state index in [4.69, 9.17) is 0 Å². The zero-order chi connectivity index (χ0) is 25.9. The monoisotopic (exact) mass is 516 g/mol. The number of aromatic nitrogens is 2. The Kier molecular flexibility index (Phi) is 7.57. The van der Waals surface area contributed by atoms with Crippen molar-refractivity contribution in [1.29, 1.82) is 0 Å². The van der Waals surface area contributed by atoms with Crippen LogP contribution in [0.15, 0.2) is 30.6 Å². The molecule has 0 aliphatic carbocycles. The van der Waals surface area contributed by atoms with E-state index < -0.39 is 23.8 Å². The van der Waals surface area contributed by atoms with Gasteiger partial charge in [-0.2, -0.15) is 26.3 Å². The average Bonchev–Trinajstić information content (AvgIpc) is 3.38. The lowest BCUT2D eigenvalue weighted by atomic mass is 9.96. The van der Waals surface area contributed by atoms with Crippen molar-refractivity contribution in [2.24, 2.45) is 11.8 Å². The highest BCUT2D eigenvalue weighted by atomic mass is 19.4. The second kappa shape index (κ2) is 10.5. The molecule has 0 radical (unpaired) electrons. The summed E-state index contributed by atoms with van der Waals surface area (Å²) in [6.07, 6.45) is -5.55. The maximum atomic E-state index is 13.7. The Morgan fingerprint density at radius 3 is 2.31 bits per heavy atom. The van der Waals surface area contributed by atoms with E-state index in [1.165, 1.54) is 24.5 Å². The maximum Gasteiger partial charge on any atom is 0.416 e. The molecule has 196 valence electrons. The van der Waals surface area contributed by atoms with E-state index in [-0.39, 0.29) is 61.5 Å². The maximum absolute atomic E-state index is 13.7. The van der Waals surface area contributed by atoms with Crippen LogP contribution in [0.5, 0.6) is 0 Å². The van der Waals surface area contributed by atoms with Gasteiger partial charge in [-0.25, -0.2) is 9.97 Å². The Hall–Kier alpha value is -3.09. The summed E-state index contributed by atoms with van der Waals surface area (Å²) in [6, 6.07) is 3.72. The number of piperidine rings is 1. The second-order valence-electron chi connectivity index (χ2n) is 8.98. The number of carbonyl (C=O) groups is 1. The molecule has 1 atom stereocenters.